The molecule has 0 aliphatic heterocycles. The summed E-state index contributed by atoms with van der Waals surface area (Å²) < 4.78 is 0. The van der Waals surface area contributed by atoms with E-state index >= 15 is 0 Å². The molecule has 1 fully saturated rings. The van der Waals surface area contributed by atoms with Crippen molar-refractivity contribution in [2.24, 2.45) is 11.7 Å². The molecule has 2 nitrogen and oxygen atoms in total. The van der Waals surface area contributed by atoms with Crippen molar-refractivity contribution in [3.63, 3.8) is 0 Å². The standard InChI is InChI=1S/C16H26N2/c1-11-7-12(2)9-15(8-11)16(17)10-18(4)13(3)14-5-6-14/h7-9,13-14,16H,5-6,10,17H2,1-4H3. The van der Waals surface area contributed by atoms with Gasteiger partial charge in [0, 0.05) is 18.6 Å². The molecule has 0 heterocycles. The first-order valence-corrected chi connectivity index (χ1v) is 7.01. The van der Waals surface area contributed by atoms with E-state index in [4.69, 9.17) is 5.73 Å². The van der Waals surface area contributed by atoms with Crippen LogP contribution in [0.4, 0.5) is 0 Å². The number of nitrogens with zero attached hydrogens (tertiary/aromatic N) is 1. The van der Waals surface area contributed by atoms with Gasteiger partial charge in [0.25, 0.3) is 0 Å². The molecule has 0 bridgehead atoms. The summed E-state index contributed by atoms with van der Waals surface area (Å²) in [6.07, 6.45) is 2.79. The quantitative estimate of drug-likeness (QED) is 0.865. The van der Waals surface area contributed by atoms with Gasteiger partial charge in [-0.3, -0.25) is 0 Å². The average molecular weight is 246 g/mol. The maximum atomic E-state index is 6.35. The van der Waals surface area contributed by atoms with Crippen molar-refractivity contribution in [2.45, 2.75) is 45.7 Å². The highest BCUT2D eigenvalue weighted by atomic mass is 15.1. The molecule has 1 aliphatic rings. The molecule has 100 valence electrons. The van der Waals surface area contributed by atoms with Crippen LogP contribution in [0.2, 0.25) is 0 Å². The molecule has 1 aliphatic carbocycles. The second kappa shape index (κ2) is 5.41. The Kier molecular flexibility index (Phi) is 4.08. The molecule has 1 aromatic rings. The Morgan fingerprint density at radius 1 is 1.22 bits per heavy atom. The molecule has 0 amide bonds. The van der Waals surface area contributed by atoms with Crippen molar-refractivity contribution in [1.29, 1.82) is 0 Å². The van der Waals surface area contributed by atoms with Gasteiger partial charge >= 0.3 is 0 Å². The highest BCUT2D eigenvalue weighted by molar-refractivity contribution is 5.30. The van der Waals surface area contributed by atoms with Gasteiger partial charge in [0.05, 0.1) is 0 Å². The second-order valence-electron chi connectivity index (χ2n) is 6.05. The van der Waals surface area contributed by atoms with Crippen molar-refractivity contribution in [3.05, 3.63) is 34.9 Å². The molecule has 1 aromatic carbocycles. The molecular weight excluding hydrogens is 220 g/mol. The Hall–Kier alpha value is -0.860. The Balaban J connectivity index is 1.99. The number of benzene rings is 1. The van der Waals surface area contributed by atoms with E-state index in [9.17, 15) is 0 Å². The van der Waals surface area contributed by atoms with Crippen LogP contribution in [0.25, 0.3) is 0 Å². The molecule has 1 saturated carbocycles. The van der Waals surface area contributed by atoms with Crippen LogP contribution in [0.3, 0.4) is 0 Å². The molecule has 2 unspecified atom stereocenters. The third kappa shape index (κ3) is 3.33. The number of likely N-dealkylation sites (N-methyl/N-ethyl adjacent to an activating group) is 1. The van der Waals surface area contributed by atoms with Gasteiger partial charge < -0.3 is 10.6 Å². The van der Waals surface area contributed by atoms with Crippen molar-refractivity contribution in [3.8, 4) is 0 Å². The molecule has 0 spiro atoms. The van der Waals surface area contributed by atoms with Gasteiger partial charge in [0.1, 0.15) is 0 Å². The van der Waals surface area contributed by atoms with Crippen LogP contribution in [0.5, 0.6) is 0 Å². The molecule has 0 aromatic heterocycles. The van der Waals surface area contributed by atoms with Crippen molar-refractivity contribution in [2.75, 3.05) is 13.6 Å². The van der Waals surface area contributed by atoms with E-state index in [0.29, 0.717) is 6.04 Å². The highest BCUT2D eigenvalue weighted by Gasteiger charge is 2.30. The lowest BCUT2D eigenvalue weighted by molar-refractivity contribution is 0.221. The number of hydrogen-bond acceptors (Lipinski definition) is 2. The van der Waals surface area contributed by atoms with Gasteiger partial charge in [-0.1, -0.05) is 29.3 Å². The van der Waals surface area contributed by atoms with E-state index in [2.05, 4.69) is 50.9 Å². The fourth-order valence-electron chi connectivity index (χ4n) is 2.74. The van der Waals surface area contributed by atoms with E-state index < -0.39 is 0 Å². The molecule has 2 heteroatoms. The molecule has 2 atom stereocenters. The van der Waals surface area contributed by atoms with Crippen molar-refractivity contribution in [1.82, 2.24) is 4.90 Å². The largest absolute Gasteiger partial charge is 0.323 e. The summed E-state index contributed by atoms with van der Waals surface area (Å²) in [7, 11) is 2.20. The van der Waals surface area contributed by atoms with E-state index in [1.807, 2.05) is 0 Å². The van der Waals surface area contributed by atoms with Gasteiger partial charge in [0.15, 0.2) is 0 Å². The van der Waals surface area contributed by atoms with Gasteiger partial charge in [-0.25, -0.2) is 0 Å². The average Bonchev–Trinajstić information content (AvgIpc) is 3.10. The van der Waals surface area contributed by atoms with Crippen LogP contribution in [0.15, 0.2) is 18.2 Å². The molecule has 0 saturated heterocycles. The molecular formula is C16H26N2. The first kappa shape index (κ1) is 13.6. The summed E-state index contributed by atoms with van der Waals surface area (Å²) in [5, 5.41) is 0. The normalized spacial score (nSPS) is 19.0. The van der Waals surface area contributed by atoms with Crippen LogP contribution in [0, 0.1) is 19.8 Å². The molecule has 2 rings (SSSR count). The molecule has 0 radical (unpaired) electrons. The number of nitrogens with two attached hydrogens (primary N) is 1. The maximum Gasteiger partial charge on any atom is 0.0424 e. The minimum absolute atomic E-state index is 0.120. The van der Waals surface area contributed by atoms with Gasteiger partial charge in [-0.15, -0.1) is 0 Å². The number of aryl methyl sites for hydroxylation is 2. The Bertz CT molecular complexity index is 389. The Morgan fingerprint density at radius 2 is 1.78 bits per heavy atom. The van der Waals surface area contributed by atoms with Gasteiger partial charge in [0.2, 0.25) is 0 Å². The van der Waals surface area contributed by atoms with Gasteiger partial charge in [-0.05, 0) is 52.1 Å². The van der Waals surface area contributed by atoms with E-state index in [0.717, 1.165) is 12.5 Å². The summed E-state index contributed by atoms with van der Waals surface area (Å²) in [6.45, 7) is 7.55. The van der Waals surface area contributed by atoms with Crippen LogP contribution in [-0.2, 0) is 0 Å². The van der Waals surface area contributed by atoms with Crippen molar-refractivity contribution < 1.29 is 0 Å². The lowest BCUT2D eigenvalue weighted by Gasteiger charge is -2.28. The van der Waals surface area contributed by atoms with Gasteiger partial charge in [-0.2, -0.15) is 0 Å². The molecule has 2 N–H and O–H groups in total. The highest BCUT2D eigenvalue weighted by Crippen LogP contribution is 2.35. The lowest BCUT2D eigenvalue weighted by Crippen LogP contribution is -2.36. The maximum absolute atomic E-state index is 6.35. The smallest absolute Gasteiger partial charge is 0.0424 e. The van der Waals surface area contributed by atoms with Crippen molar-refractivity contribution >= 4 is 0 Å². The third-order valence-corrected chi connectivity index (χ3v) is 4.16. The predicted molar refractivity (Wildman–Crippen MR) is 77.7 cm³/mol. The number of hydrogen-bond donors (Lipinski definition) is 1. The van der Waals surface area contributed by atoms with Crippen LogP contribution < -0.4 is 5.73 Å². The van der Waals surface area contributed by atoms with Crippen LogP contribution >= 0.6 is 0 Å². The monoisotopic (exact) mass is 246 g/mol. The number of rotatable bonds is 5. The van der Waals surface area contributed by atoms with Crippen LogP contribution in [-0.4, -0.2) is 24.5 Å². The second-order valence-corrected chi connectivity index (χ2v) is 6.05. The zero-order chi connectivity index (χ0) is 13.3. The minimum atomic E-state index is 0.120. The van der Waals surface area contributed by atoms with E-state index in [1.165, 1.54) is 29.5 Å². The Morgan fingerprint density at radius 3 is 2.28 bits per heavy atom. The zero-order valence-corrected chi connectivity index (χ0v) is 12.1. The molecule has 18 heavy (non-hydrogen) atoms. The summed E-state index contributed by atoms with van der Waals surface area (Å²) in [5.74, 6) is 0.904. The first-order valence-electron chi connectivity index (χ1n) is 7.01. The lowest BCUT2D eigenvalue weighted by atomic mass is 10.0. The van der Waals surface area contributed by atoms with E-state index in [-0.39, 0.29) is 6.04 Å². The zero-order valence-electron chi connectivity index (χ0n) is 12.1. The van der Waals surface area contributed by atoms with E-state index in [1.54, 1.807) is 0 Å². The van der Waals surface area contributed by atoms with Crippen LogP contribution in [0.1, 0.15) is 42.5 Å². The summed E-state index contributed by atoms with van der Waals surface area (Å²) in [5.41, 5.74) is 10.2. The summed E-state index contributed by atoms with van der Waals surface area (Å²) in [4.78, 5) is 2.42. The minimum Gasteiger partial charge on any atom is -0.323 e. The summed E-state index contributed by atoms with van der Waals surface area (Å²) >= 11 is 0. The summed E-state index contributed by atoms with van der Waals surface area (Å²) in [6, 6.07) is 7.42. The topological polar surface area (TPSA) is 29.3 Å². The first-order chi connectivity index (χ1) is 8.47. The SMILES string of the molecule is Cc1cc(C)cc(C(N)CN(C)C(C)C2CC2)c1. The Labute approximate surface area is 111 Å². The fourth-order valence-corrected chi connectivity index (χ4v) is 2.74. The fraction of sp³-hybridized carbons (Fsp3) is 0.625. The predicted octanol–water partition coefficient (Wildman–Crippen LogP) is 3.03. The third-order valence-electron chi connectivity index (χ3n) is 4.16.